The predicted octanol–water partition coefficient (Wildman–Crippen LogP) is 8.70. The number of nitrogens with one attached hydrogen (secondary N) is 1. The molecule has 6 aromatic rings. The first-order valence-electron chi connectivity index (χ1n) is 29.8. The molecule has 10 heterocycles. The molecule has 4 aliphatic rings. The topological polar surface area (TPSA) is 287 Å². The SMILES string of the molecule is CC(C)(C)OC(=O)N1CCC(COc2cc(B3OC(C)(C)C(C)(C)O3)cnc2N)CC1.Cn1cnc(-c2cnc(N)c(OCC3CCN(C(=O)OC(C)(C)C)CC3)c2)c1.Cn1cnc(-c2cnc(N)c(OCC3CCNCC3)c2)c1.Cn1cnc(Br)c1. The van der Waals surface area contributed by atoms with E-state index >= 15 is 0 Å². The second-order valence-corrected chi connectivity index (χ2v) is 26.4. The number of rotatable bonds is 12. The number of anilines is 3. The summed E-state index contributed by atoms with van der Waals surface area (Å²) in [5.41, 5.74) is 20.4. The van der Waals surface area contributed by atoms with Gasteiger partial charge in [-0.25, -0.2) is 39.5 Å². The van der Waals surface area contributed by atoms with Gasteiger partial charge in [-0.3, -0.25) is 0 Å². The number of imidazole rings is 3. The molecule has 6 aromatic heterocycles. The van der Waals surface area contributed by atoms with Crippen LogP contribution >= 0.6 is 15.9 Å². The van der Waals surface area contributed by atoms with Gasteiger partial charge in [0.15, 0.2) is 34.7 Å². The highest BCUT2D eigenvalue weighted by Gasteiger charge is 2.52. The predicted molar refractivity (Wildman–Crippen MR) is 340 cm³/mol. The number of likely N-dealkylation sites (tertiary alicyclic amines) is 2. The molecule has 0 spiro atoms. The Morgan fingerprint density at radius 1 is 0.575 bits per heavy atom. The number of carbonyl (C=O) groups excluding carboxylic acids is 2. The van der Waals surface area contributed by atoms with Crippen molar-refractivity contribution in [1.29, 1.82) is 0 Å². The average molecular weight is 1270 g/mol. The molecule has 0 bridgehead atoms. The van der Waals surface area contributed by atoms with E-state index in [4.69, 9.17) is 50.2 Å². The van der Waals surface area contributed by atoms with Crippen LogP contribution in [0.15, 0.2) is 79.0 Å². The van der Waals surface area contributed by atoms with Crippen molar-refractivity contribution < 1.29 is 42.6 Å². The fourth-order valence-corrected chi connectivity index (χ4v) is 9.92. The van der Waals surface area contributed by atoms with Crippen molar-refractivity contribution in [2.75, 3.05) is 76.3 Å². The number of amides is 2. The molecule has 26 heteroatoms. The Bertz CT molecular complexity index is 3140. The molecule has 0 aromatic carbocycles. The van der Waals surface area contributed by atoms with E-state index in [0.29, 0.717) is 98.5 Å². The van der Waals surface area contributed by atoms with Gasteiger partial charge in [-0.05, 0) is 173 Å². The standard InChI is InChI=1S/C22H36BN3O5.C20H29N5O3.C15H21N5O.C4H5BrN2/c1-20(2,3)29-19(27)26-10-8-15(9-11-26)14-28-17-12-16(13-25-18(17)24)23-30-21(4,5)22(6,7)31-23;1-20(2,3)28-19(26)25-7-5-14(6-8-25)12-27-17-9-15(10-22-18(17)21)16-11-24(4)13-23-16;1-20-8-13(19-10-20)12-6-14(15(16)18-7-12)21-9-11-2-4-17-5-3-11;1-7-2-4(5)6-3-7/h12-13,15H,8-11,14H2,1-7H3,(H2,24,25);9-11,13-14H,5-8,12H2,1-4H3,(H2,21,22);6-8,10-11,17H,2-5,9H2,1H3,(H2,16,18);2-3H,1H3. The minimum absolute atomic E-state index is 0.247. The van der Waals surface area contributed by atoms with Crippen LogP contribution in [0.1, 0.15) is 108 Å². The Morgan fingerprint density at radius 3 is 1.29 bits per heavy atom. The van der Waals surface area contributed by atoms with E-state index in [1.54, 1.807) is 47.4 Å². The van der Waals surface area contributed by atoms with Crippen LogP contribution in [0.25, 0.3) is 22.5 Å². The largest absolute Gasteiger partial charge is 0.496 e. The molecule has 10 rings (SSSR count). The molecule has 24 nitrogen and oxygen atoms in total. The molecular formula is C61H91BBrN15O9. The van der Waals surface area contributed by atoms with E-state index in [1.165, 1.54) is 0 Å². The second-order valence-electron chi connectivity index (χ2n) is 25.6. The first kappa shape index (κ1) is 67.4. The van der Waals surface area contributed by atoms with Crippen LogP contribution in [-0.4, -0.2) is 154 Å². The maximum atomic E-state index is 12.2. The van der Waals surface area contributed by atoms with Gasteiger partial charge in [0.25, 0.3) is 0 Å². The van der Waals surface area contributed by atoms with Crippen molar-refractivity contribution in [1.82, 2.24) is 58.7 Å². The lowest BCUT2D eigenvalue weighted by Crippen LogP contribution is -2.42. The Labute approximate surface area is 521 Å². The van der Waals surface area contributed by atoms with Gasteiger partial charge in [0.05, 0.1) is 61.4 Å². The quantitative estimate of drug-likeness (QED) is 0.0833. The minimum atomic E-state index is -0.516. The first-order valence-corrected chi connectivity index (χ1v) is 30.6. The van der Waals surface area contributed by atoms with Gasteiger partial charge in [0.1, 0.15) is 15.8 Å². The van der Waals surface area contributed by atoms with Crippen molar-refractivity contribution in [3.05, 3.63) is 79.0 Å². The van der Waals surface area contributed by atoms with Gasteiger partial charge in [-0.1, -0.05) is 0 Å². The van der Waals surface area contributed by atoms with Gasteiger partial charge in [-0.15, -0.1) is 0 Å². The van der Waals surface area contributed by atoms with Crippen molar-refractivity contribution >= 4 is 58.2 Å². The summed E-state index contributed by atoms with van der Waals surface area (Å²) in [6.07, 6.45) is 21.3. The van der Waals surface area contributed by atoms with Crippen molar-refractivity contribution in [3.8, 4) is 39.8 Å². The van der Waals surface area contributed by atoms with Gasteiger partial charge in [0, 0.05) is 101 Å². The van der Waals surface area contributed by atoms with Crippen LogP contribution < -0.4 is 42.2 Å². The molecule has 0 radical (unpaired) electrons. The molecule has 0 saturated carbocycles. The third kappa shape index (κ3) is 20.5. The summed E-state index contributed by atoms with van der Waals surface area (Å²) in [5, 5.41) is 3.35. The van der Waals surface area contributed by atoms with Gasteiger partial charge >= 0.3 is 19.3 Å². The molecule has 87 heavy (non-hydrogen) atoms. The van der Waals surface area contributed by atoms with Crippen molar-refractivity contribution in [3.63, 3.8) is 0 Å². The number of halogens is 1. The summed E-state index contributed by atoms with van der Waals surface area (Å²) >= 11 is 3.20. The first-order chi connectivity index (χ1) is 41.0. The summed E-state index contributed by atoms with van der Waals surface area (Å²) in [6.45, 7) is 25.9. The minimum Gasteiger partial charge on any atom is -0.489 e. The van der Waals surface area contributed by atoms with E-state index in [2.05, 4.69) is 51.2 Å². The van der Waals surface area contributed by atoms with Crippen molar-refractivity contribution in [2.45, 2.75) is 130 Å². The Kier molecular flexibility index (Phi) is 23.0. The number of aromatic nitrogens is 9. The summed E-state index contributed by atoms with van der Waals surface area (Å²) in [4.78, 5) is 53.2. The second kappa shape index (κ2) is 29.7. The molecule has 4 saturated heterocycles. The van der Waals surface area contributed by atoms with Gasteiger partial charge < -0.3 is 79.0 Å². The zero-order valence-electron chi connectivity index (χ0n) is 53.0. The number of hydrogen-bond acceptors (Lipinski definition) is 19. The number of hydrogen-bond donors (Lipinski definition) is 4. The Morgan fingerprint density at radius 2 is 0.943 bits per heavy atom. The molecule has 7 N–H and O–H groups in total. The number of nitrogens with zero attached hydrogens (tertiary/aromatic N) is 11. The third-order valence-corrected chi connectivity index (χ3v) is 15.7. The van der Waals surface area contributed by atoms with Crippen LogP contribution in [0.3, 0.4) is 0 Å². The van der Waals surface area contributed by atoms with Crippen molar-refractivity contribution in [2.24, 2.45) is 38.9 Å². The number of aryl methyl sites for hydroxylation is 3. The number of carbonyl (C=O) groups is 2. The molecule has 2 amide bonds. The van der Waals surface area contributed by atoms with Crippen LogP contribution in [-0.2, 0) is 39.9 Å². The zero-order valence-corrected chi connectivity index (χ0v) is 54.6. The summed E-state index contributed by atoms with van der Waals surface area (Å²) in [6, 6.07) is 5.65. The number of pyridine rings is 3. The smallest absolute Gasteiger partial charge is 0.489 e. The van der Waals surface area contributed by atoms with Crippen LogP contribution in [0.5, 0.6) is 17.2 Å². The van der Waals surface area contributed by atoms with Gasteiger partial charge in [0.2, 0.25) is 0 Å². The summed E-state index contributed by atoms with van der Waals surface area (Å²) in [5.74, 6) is 4.16. The maximum absolute atomic E-state index is 12.2. The number of nitrogens with two attached hydrogens (primary N) is 3. The highest BCUT2D eigenvalue weighted by Crippen LogP contribution is 2.37. The van der Waals surface area contributed by atoms with E-state index < -0.39 is 29.5 Å². The molecule has 0 atom stereocenters. The lowest BCUT2D eigenvalue weighted by Gasteiger charge is -2.33. The molecule has 0 aliphatic carbocycles. The number of piperidine rings is 3. The van der Waals surface area contributed by atoms with E-state index in [1.807, 2.05) is 141 Å². The highest BCUT2D eigenvalue weighted by atomic mass is 79.9. The van der Waals surface area contributed by atoms with Crippen LogP contribution in [0, 0.1) is 17.8 Å². The van der Waals surface area contributed by atoms with E-state index in [0.717, 1.165) is 84.2 Å². The molecule has 4 aliphatic heterocycles. The van der Waals surface area contributed by atoms with Gasteiger partial charge in [-0.2, -0.15) is 0 Å². The fourth-order valence-electron chi connectivity index (χ4n) is 9.51. The Hall–Kier alpha value is -7.16. The maximum Gasteiger partial charge on any atom is 0.496 e. The fraction of sp³-hybridized carbons (Fsp3) is 0.574. The molecule has 4 fully saturated rings. The molecule has 474 valence electrons. The van der Waals surface area contributed by atoms with E-state index in [-0.39, 0.29) is 12.2 Å². The Balaban J connectivity index is 0.000000178. The van der Waals surface area contributed by atoms with Crippen LogP contribution in [0.4, 0.5) is 27.0 Å². The molecular weight excluding hydrogens is 1180 g/mol. The highest BCUT2D eigenvalue weighted by molar-refractivity contribution is 9.10. The third-order valence-electron chi connectivity index (χ3n) is 15.3. The average Bonchev–Trinajstić information content (AvgIpc) is 1.86. The normalized spacial score (nSPS) is 17.2. The lowest BCUT2D eigenvalue weighted by atomic mass is 9.80. The lowest BCUT2D eigenvalue weighted by molar-refractivity contribution is 0.00578. The zero-order chi connectivity index (χ0) is 63.3. The summed E-state index contributed by atoms with van der Waals surface area (Å²) in [7, 11) is 5.27. The summed E-state index contributed by atoms with van der Waals surface area (Å²) < 4.78 is 47.5. The molecule has 0 unspecified atom stereocenters. The van der Waals surface area contributed by atoms with E-state index in [9.17, 15) is 9.59 Å². The number of nitrogen functional groups attached to an aromatic ring is 3. The number of ether oxygens (including phenoxy) is 5. The monoisotopic (exact) mass is 1270 g/mol. The van der Waals surface area contributed by atoms with Crippen LogP contribution in [0.2, 0.25) is 0 Å².